The fourth-order valence-electron chi connectivity index (χ4n) is 4.53. The summed E-state index contributed by atoms with van der Waals surface area (Å²) in [5.74, 6) is 0.597. The van der Waals surface area contributed by atoms with E-state index in [1.54, 1.807) is 0 Å². The lowest BCUT2D eigenvalue weighted by Gasteiger charge is -2.22. The first-order chi connectivity index (χ1) is 14.7. The Morgan fingerprint density at radius 1 is 0.767 bits per heavy atom. The largest absolute Gasteiger partial charge is 0.317 e. The molecule has 0 atom stereocenters. The van der Waals surface area contributed by atoms with E-state index in [9.17, 15) is 0 Å². The molecule has 1 aliphatic heterocycles. The molecule has 152 valence electrons. The number of halogens is 2. The van der Waals surface area contributed by atoms with E-state index in [-0.39, 0.29) is 5.92 Å². The van der Waals surface area contributed by atoms with Crippen molar-refractivity contribution in [1.82, 2.24) is 15.5 Å². The van der Waals surface area contributed by atoms with E-state index in [4.69, 9.17) is 28.3 Å². The van der Waals surface area contributed by atoms with Gasteiger partial charge in [0.2, 0.25) is 0 Å². The quantitative estimate of drug-likeness (QED) is 0.358. The van der Waals surface area contributed by atoms with Gasteiger partial charge in [0.25, 0.3) is 0 Å². The first kappa shape index (κ1) is 19.6. The van der Waals surface area contributed by atoms with E-state index in [1.165, 1.54) is 27.8 Å². The van der Waals surface area contributed by atoms with Gasteiger partial charge in [0.1, 0.15) is 0 Å². The van der Waals surface area contributed by atoms with Crippen LogP contribution in [0.5, 0.6) is 0 Å². The first-order valence-corrected chi connectivity index (χ1v) is 11.1. The Hall–Kier alpha value is -2.33. The fraction of sp³-hybridized carbons (Fsp3) is 0.240. The number of piperidine rings is 1. The van der Waals surface area contributed by atoms with Crippen LogP contribution in [0.15, 0.2) is 66.7 Å². The number of aromatic amines is 1. The number of benzene rings is 3. The molecule has 3 aromatic carbocycles. The van der Waals surface area contributed by atoms with Crippen molar-refractivity contribution in [2.75, 3.05) is 13.1 Å². The predicted octanol–water partition coefficient (Wildman–Crippen LogP) is 6.52. The van der Waals surface area contributed by atoms with Crippen LogP contribution in [-0.4, -0.2) is 23.3 Å². The second kappa shape index (κ2) is 8.43. The van der Waals surface area contributed by atoms with Crippen LogP contribution in [0.4, 0.5) is 0 Å². The maximum atomic E-state index is 6.16. The summed E-state index contributed by atoms with van der Waals surface area (Å²) in [6.45, 7) is 2.10. The van der Waals surface area contributed by atoms with E-state index in [2.05, 4.69) is 52.9 Å². The molecule has 1 aliphatic rings. The van der Waals surface area contributed by atoms with Crippen molar-refractivity contribution in [1.29, 1.82) is 0 Å². The molecule has 1 saturated heterocycles. The third-order valence-corrected chi connectivity index (χ3v) is 6.59. The highest BCUT2D eigenvalue weighted by Crippen LogP contribution is 2.36. The Kier molecular flexibility index (Phi) is 5.51. The number of nitrogens with one attached hydrogen (secondary N) is 2. The lowest BCUT2D eigenvalue weighted by Crippen LogP contribution is -2.26. The van der Waals surface area contributed by atoms with E-state index >= 15 is 0 Å². The van der Waals surface area contributed by atoms with Gasteiger partial charge in [-0.05, 0) is 79.0 Å². The van der Waals surface area contributed by atoms with Crippen LogP contribution in [0.2, 0.25) is 10.0 Å². The monoisotopic (exact) mass is 435 g/mol. The molecule has 0 aliphatic carbocycles. The molecule has 4 aromatic rings. The highest BCUT2D eigenvalue weighted by Gasteiger charge is 2.22. The molecule has 0 bridgehead atoms. The van der Waals surface area contributed by atoms with Gasteiger partial charge in [-0.1, -0.05) is 53.5 Å². The van der Waals surface area contributed by atoms with Gasteiger partial charge in [-0.3, -0.25) is 5.10 Å². The normalized spacial score (nSPS) is 15.2. The smallest absolute Gasteiger partial charge is 0.0732 e. The van der Waals surface area contributed by atoms with Crippen molar-refractivity contribution in [3.8, 4) is 0 Å². The van der Waals surface area contributed by atoms with E-state index in [1.807, 2.05) is 24.3 Å². The van der Waals surface area contributed by atoms with Crippen molar-refractivity contribution in [3.05, 3.63) is 99.2 Å². The average Bonchev–Trinajstić information content (AvgIpc) is 3.21. The lowest BCUT2D eigenvalue weighted by molar-refractivity contribution is 0.454. The second-order valence-corrected chi connectivity index (χ2v) is 8.85. The Morgan fingerprint density at radius 2 is 1.33 bits per heavy atom. The third-order valence-electron chi connectivity index (χ3n) is 6.08. The molecule has 0 amide bonds. The van der Waals surface area contributed by atoms with Gasteiger partial charge in [0, 0.05) is 27.3 Å². The van der Waals surface area contributed by atoms with Gasteiger partial charge in [-0.25, -0.2) is 0 Å². The maximum absolute atomic E-state index is 6.16. The van der Waals surface area contributed by atoms with Crippen molar-refractivity contribution < 1.29 is 0 Å². The molecule has 0 spiro atoms. The van der Waals surface area contributed by atoms with Gasteiger partial charge >= 0.3 is 0 Å². The minimum atomic E-state index is 0.0969. The van der Waals surface area contributed by atoms with Gasteiger partial charge in [-0.15, -0.1) is 0 Å². The van der Waals surface area contributed by atoms with Crippen LogP contribution in [0.1, 0.15) is 47.1 Å². The number of rotatable bonds is 4. The van der Waals surface area contributed by atoms with Crippen LogP contribution >= 0.6 is 23.2 Å². The van der Waals surface area contributed by atoms with Crippen LogP contribution < -0.4 is 5.32 Å². The minimum absolute atomic E-state index is 0.0969. The van der Waals surface area contributed by atoms with E-state index < -0.39 is 0 Å². The molecule has 30 heavy (non-hydrogen) atoms. The van der Waals surface area contributed by atoms with Crippen molar-refractivity contribution in [2.24, 2.45) is 0 Å². The summed E-state index contributed by atoms with van der Waals surface area (Å²) in [5, 5.41) is 14.1. The van der Waals surface area contributed by atoms with Gasteiger partial charge in [-0.2, -0.15) is 5.10 Å². The maximum Gasteiger partial charge on any atom is 0.0732 e. The fourth-order valence-corrected chi connectivity index (χ4v) is 4.78. The second-order valence-electron chi connectivity index (χ2n) is 7.97. The highest BCUT2D eigenvalue weighted by molar-refractivity contribution is 6.30. The van der Waals surface area contributed by atoms with E-state index in [0.717, 1.165) is 41.5 Å². The van der Waals surface area contributed by atoms with Gasteiger partial charge in [0.05, 0.1) is 11.2 Å². The summed E-state index contributed by atoms with van der Waals surface area (Å²) in [6.07, 6.45) is 2.25. The average molecular weight is 436 g/mol. The molecule has 3 nitrogen and oxygen atoms in total. The molecule has 5 heteroatoms. The molecule has 0 radical (unpaired) electrons. The van der Waals surface area contributed by atoms with Crippen molar-refractivity contribution >= 4 is 34.1 Å². The highest BCUT2D eigenvalue weighted by atomic mass is 35.5. The number of hydrogen-bond acceptors (Lipinski definition) is 2. The van der Waals surface area contributed by atoms with Crippen LogP contribution in [-0.2, 0) is 0 Å². The zero-order valence-electron chi connectivity index (χ0n) is 16.5. The Labute approximate surface area is 186 Å². The molecular weight excluding hydrogens is 413 g/mol. The summed E-state index contributed by atoms with van der Waals surface area (Å²) in [5.41, 5.74) is 5.93. The van der Waals surface area contributed by atoms with Crippen LogP contribution in [0, 0.1) is 0 Å². The standard InChI is InChI=1S/C25H23Cl2N3/c26-20-6-1-16(2-7-20)24(17-3-8-21(27)9-4-17)19-5-10-23-22(15-19)25(30-29-23)18-11-13-28-14-12-18/h1-10,15,18,24,28H,11-14H2,(H,29,30). The third kappa shape index (κ3) is 3.85. The molecule has 1 fully saturated rings. The van der Waals surface area contributed by atoms with E-state index in [0.29, 0.717) is 5.92 Å². The number of H-pyrrole nitrogens is 1. The lowest BCUT2D eigenvalue weighted by atomic mass is 9.84. The zero-order valence-corrected chi connectivity index (χ0v) is 18.0. The molecular formula is C25H23Cl2N3. The molecule has 0 unspecified atom stereocenters. The molecule has 2 heterocycles. The number of fused-ring (bicyclic) bond motifs is 1. The molecule has 0 saturated carbocycles. The molecule has 5 rings (SSSR count). The Bertz CT molecular complexity index is 1100. The van der Waals surface area contributed by atoms with Crippen molar-refractivity contribution in [2.45, 2.75) is 24.7 Å². The topological polar surface area (TPSA) is 40.7 Å². The summed E-state index contributed by atoms with van der Waals surface area (Å²) >= 11 is 12.3. The summed E-state index contributed by atoms with van der Waals surface area (Å²) in [6, 6.07) is 22.9. The van der Waals surface area contributed by atoms with Gasteiger partial charge in [0.15, 0.2) is 0 Å². The van der Waals surface area contributed by atoms with Crippen molar-refractivity contribution in [3.63, 3.8) is 0 Å². The Morgan fingerprint density at radius 3 is 1.93 bits per heavy atom. The molecule has 1 aromatic heterocycles. The Balaban J connectivity index is 1.62. The van der Waals surface area contributed by atoms with Crippen LogP contribution in [0.3, 0.4) is 0 Å². The summed E-state index contributed by atoms with van der Waals surface area (Å²) in [7, 11) is 0. The SMILES string of the molecule is Clc1ccc(C(c2ccc(Cl)cc2)c2ccc3[nH]nc(C4CCNCC4)c3c2)cc1. The molecule has 2 N–H and O–H groups in total. The number of hydrogen-bond donors (Lipinski definition) is 2. The number of aromatic nitrogens is 2. The minimum Gasteiger partial charge on any atom is -0.317 e. The predicted molar refractivity (Wildman–Crippen MR) is 125 cm³/mol. The number of nitrogens with zero attached hydrogens (tertiary/aromatic N) is 1. The van der Waals surface area contributed by atoms with Gasteiger partial charge < -0.3 is 5.32 Å². The summed E-state index contributed by atoms with van der Waals surface area (Å²) < 4.78 is 0. The first-order valence-electron chi connectivity index (χ1n) is 10.4. The zero-order chi connectivity index (χ0) is 20.5. The summed E-state index contributed by atoms with van der Waals surface area (Å²) in [4.78, 5) is 0. The van der Waals surface area contributed by atoms with Crippen LogP contribution in [0.25, 0.3) is 10.9 Å².